The number of carbonyl (C=O) groups excluding carboxylic acids is 3. The van der Waals surface area contributed by atoms with Crippen LogP contribution in [0, 0.1) is 11.6 Å². The number of carbonyl (C=O) groups is 4. The number of hydrogen-bond acceptors (Lipinski definition) is 8. The van der Waals surface area contributed by atoms with Crippen LogP contribution in [0.15, 0.2) is 23.0 Å². The molecule has 2 aliphatic heterocycles. The van der Waals surface area contributed by atoms with Crippen LogP contribution in [-0.4, -0.2) is 90.9 Å². The molecule has 36 heavy (non-hydrogen) atoms. The number of anilines is 2. The van der Waals surface area contributed by atoms with Crippen molar-refractivity contribution in [3.05, 3.63) is 40.4 Å². The number of aromatic nitrogens is 1. The number of benzene rings is 1. The number of nitrogens with zero attached hydrogens (tertiary/aromatic N) is 4. The number of ether oxygens (including phenoxy) is 1. The van der Waals surface area contributed by atoms with E-state index in [1.807, 2.05) is 0 Å². The number of carboxylic acid groups (broad SMARTS) is 1. The second-order valence-electron chi connectivity index (χ2n) is 7.98. The van der Waals surface area contributed by atoms with E-state index in [9.17, 15) is 28.0 Å². The van der Waals surface area contributed by atoms with Crippen LogP contribution in [0.3, 0.4) is 0 Å². The fourth-order valence-corrected chi connectivity index (χ4v) is 4.44. The Kier molecular flexibility index (Phi) is 7.47. The van der Waals surface area contributed by atoms with E-state index in [4.69, 9.17) is 9.84 Å². The van der Waals surface area contributed by atoms with E-state index < -0.39 is 35.8 Å². The molecule has 1 aromatic heterocycles. The maximum Gasteiger partial charge on any atom is 0.414 e. The summed E-state index contributed by atoms with van der Waals surface area (Å²) < 4.78 is 34.9. The predicted octanol–water partition coefficient (Wildman–Crippen LogP) is 1.09. The summed E-state index contributed by atoms with van der Waals surface area (Å²) in [5.41, 5.74) is 1.40. The van der Waals surface area contributed by atoms with Gasteiger partial charge in [-0.2, -0.15) is 0 Å². The second kappa shape index (κ2) is 10.7. The van der Waals surface area contributed by atoms with Gasteiger partial charge in [0.25, 0.3) is 5.91 Å². The molecule has 3 N–H and O–H groups in total. The average Bonchev–Trinajstić information content (AvgIpc) is 3.51. The first-order valence-corrected chi connectivity index (χ1v) is 11.8. The minimum absolute atomic E-state index is 0.0544. The Morgan fingerprint density at radius 1 is 1.14 bits per heavy atom. The zero-order valence-corrected chi connectivity index (χ0v) is 19.6. The van der Waals surface area contributed by atoms with E-state index in [0.29, 0.717) is 0 Å². The van der Waals surface area contributed by atoms with Crippen LogP contribution in [0.1, 0.15) is 10.5 Å². The molecular weight excluding hydrogens is 502 g/mol. The summed E-state index contributed by atoms with van der Waals surface area (Å²) in [5.74, 6) is -2.56. The highest BCUT2D eigenvalue weighted by Crippen LogP contribution is 2.31. The molecule has 0 aliphatic carbocycles. The van der Waals surface area contributed by atoms with E-state index in [-0.39, 0.29) is 68.8 Å². The highest BCUT2D eigenvalue weighted by Gasteiger charge is 2.34. The smallest absolute Gasteiger partial charge is 0.414 e. The largest absolute Gasteiger partial charge is 0.465 e. The van der Waals surface area contributed by atoms with Gasteiger partial charge in [-0.05, 0) is 0 Å². The predicted molar refractivity (Wildman–Crippen MR) is 123 cm³/mol. The van der Waals surface area contributed by atoms with Crippen molar-refractivity contribution in [1.82, 2.24) is 20.5 Å². The molecule has 0 bridgehead atoms. The molecule has 1 aromatic carbocycles. The van der Waals surface area contributed by atoms with Gasteiger partial charge in [0.2, 0.25) is 5.91 Å². The van der Waals surface area contributed by atoms with Crippen LogP contribution in [0.2, 0.25) is 0 Å². The molecule has 2 saturated heterocycles. The van der Waals surface area contributed by atoms with Gasteiger partial charge in [-0.15, -0.1) is 11.3 Å². The van der Waals surface area contributed by atoms with Gasteiger partial charge in [0.15, 0.2) is 11.6 Å². The lowest BCUT2D eigenvalue weighted by molar-refractivity contribution is -0.130. The number of rotatable bonds is 7. The van der Waals surface area contributed by atoms with Crippen molar-refractivity contribution < 1.29 is 37.8 Å². The van der Waals surface area contributed by atoms with Crippen LogP contribution in [0.25, 0.3) is 0 Å². The number of thiazole rings is 1. The highest BCUT2D eigenvalue weighted by atomic mass is 32.1. The van der Waals surface area contributed by atoms with Crippen LogP contribution in [0.4, 0.5) is 29.7 Å². The number of amides is 4. The zero-order chi connectivity index (χ0) is 25.8. The number of nitrogens with one attached hydrogen (secondary N) is 2. The molecule has 0 unspecified atom stereocenters. The van der Waals surface area contributed by atoms with Crippen molar-refractivity contribution in [2.75, 3.05) is 55.6 Å². The number of cyclic esters (lactones) is 1. The molecular formula is C21H22F2N6O6S. The van der Waals surface area contributed by atoms with Gasteiger partial charge in [0.05, 0.1) is 30.8 Å². The van der Waals surface area contributed by atoms with Crippen molar-refractivity contribution in [1.29, 1.82) is 0 Å². The van der Waals surface area contributed by atoms with Gasteiger partial charge < -0.3 is 30.3 Å². The molecule has 0 saturated carbocycles. The standard InChI is InChI=1S/C21H22F2N6O6S/c22-14-5-12(29-9-13(35-21(29)34)7-25-20(32)33)6-15(23)18(14)28-3-1-27(2-4-28)17(30)8-24-19(31)16-10-36-11-26-16/h5-6,10-11,13,25H,1-4,7-9H2,(H,24,31)(H,32,33)/t13-/m0/s1. The summed E-state index contributed by atoms with van der Waals surface area (Å²) in [4.78, 5) is 54.9. The maximum atomic E-state index is 14.9. The van der Waals surface area contributed by atoms with Crippen LogP contribution < -0.4 is 20.4 Å². The summed E-state index contributed by atoms with van der Waals surface area (Å²) in [6.07, 6.45) is -2.92. The third-order valence-corrected chi connectivity index (χ3v) is 6.27. The number of piperazine rings is 1. The van der Waals surface area contributed by atoms with E-state index in [1.165, 1.54) is 26.6 Å². The Hall–Kier alpha value is -4.01. The van der Waals surface area contributed by atoms with E-state index >= 15 is 0 Å². The summed E-state index contributed by atoms with van der Waals surface area (Å²) in [6, 6.07) is 2.02. The topological polar surface area (TPSA) is 144 Å². The Balaban J connectivity index is 1.33. The van der Waals surface area contributed by atoms with Crippen LogP contribution in [-0.2, 0) is 9.53 Å². The molecule has 2 fully saturated rings. The fourth-order valence-electron chi connectivity index (χ4n) is 3.91. The van der Waals surface area contributed by atoms with Crippen molar-refractivity contribution in [2.24, 2.45) is 0 Å². The Bertz CT molecular complexity index is 1130. The van der Waals surface area contributed by atoms with E-state index in [2.05, 4.69) is 15.6 Å². The Labute approximate surface area is 207 Å². The van der Waals surface area contributed by atoms with Crippen molar-refractivity contribution in [2.45, 2.75) is 6.10 Å². The fraction of sp³-hybridized carbons (Fsp3) is 0.381. The van der Waals surface area contributed by atoms with Crippen molar-refractivity contribution in [3.63, 3.8) is 0 Å². The van der Waals surface area contributed by atoms with Gasteiger partial charge in [0.1, 0.15) is 17.5 Å². The van der Waals surface area contributed by atoms with Crippen LogP contribution >= 0.6 is 11.3 Å². The molecule has 3 heterocycles. The van der Waals surface area contributed by atoms with E-state index in [1.54, 1.807) is 5.38 Å². The highest BCUT2D eigenvalue weighted by molar-refractivity contribution is 7.07. The van der Waals surface area contributed by atoms with Crippen molar-refractivity contribution in [3.8, 4) is 0 Å². The Morgan fingerprint density at radius 2 is 1.83 bits per heavy atom. The molecule has 1 atom stereocenters. The number of halogens is 2. The molecule has 2 aliphatic rings. The maximum absolute atomic E-state index is 14.9. The lowest BCUT2D eigenvalue weighted by Crippen LogP contribution is -2.51. The third-order valence-electron chi connectivity index (χ3n) is 5.68. The molecule has 4 rings (SSSR count). The average molecular weight is 525 g/mol. The molecule has 2 aromatic rings. The first-order valence-electron chi connectivity index (χ1n) is 10.9. The lowest BCUT2D eigenvalue weighted by atomic mass is 10.2. The molecule has 15 heteroatoms. The third kappa shape index (κ3) is 5.62. The first kappa shape index (κ1) is 25.1. The quantitative estimate of drug-likeness (QED) is 0.488. The first-order chi connectivity index (χ1) is 17.2. The monoisotopic (exact) mass is 524 g/mol. The minimum atomic E-state index is -1.28. The summed E-state index contributed by atoms with van der Waals surface area (Å²) in [6.45, 7) is 0.269. The van der Waals surface area contributed by atoms with Gasteiger partial charge in [-0.3, -0.25) is 14.5 Å². The van der Waals surface area contributed by atoms with Gasteiger partial charge >= 0.3 is 12.2 Å². The zero-order valence-electron chi connectivity index (χ0n) is 18.8. The molecule has 12 nitrogen and oxygen atoms in total. The molecule has 4 amide bonds. The minimum Gasteiger partial charge on any atom is -0.465 e. The second-order valence-corrected chi connectivity index (χ2v) is 8.70. The van der Waals surface area contributed by atoms with Crippen LogP contribution in [0.5, 0.6) is 0 Å². The summed E-state index contributed by atoms with van der Waals surface area (Å²) in [7, 11) is 0. The number of hydrogen-bond donors (Lipinski definition) is 3. The lowest BCUT2D eigenvalue weighted by Gasteiger charge is -2.36. The van der Waals surface area contributed by atoms with Gasteiger partial charge in [-0.1, -0.05) is 0 Å². The SMILES string of the molecule is O=C(O)NC[C@H]1CN(c2cc(F)c(N3CCN(C(=O)CNC(=O)c4cscn4)CC3)c(F)c2)C(=O)O1. The van der Waals surface area contributed by atoms with E-state index in [0.717, 1.165) is 17.0 Å². The summed E-state index contributed by atoms with van der Waals surface area (Å²) >= 11 is 1.26. The molecule has 0 radical (unpaired) electrons. The van der Waals surface area contributed by atoms with Gasteiger partial charge in [0, 0.05) is 43.7 Å². The summed E-state index contributed by atoms with van der Waals surface area (Å²) in [5, 5.41) is 14.8. The molecule has 0 spiro atoms. The molecule has 192 valence electrons. The van der Waals surface area contributed by atoms with Crippen molar-refractivity contribution >= 4 is 46.7 Å². The Morgan fingerprint density at radius 3 is 2.44 bits per heavy atom. The normalized spacial score (nSPS) is 17.7. The van der Waals surface area contributed by atoms with Gasteiger partial charge in [-0.25, -0.2) is 23.4 Å².